The van der Waals surface area contributed by atoms with Crippen LogP contribution in [0.25, 0.3) is 10.9 Å². The van der Waals surface area contributed by atoms with E-state index < -0.39 is 0 Å². The van der Waals surface area contributed by atoms with E-state index in [4.69, 9.17) is 4.74 Å². The molecular weight excluding hydrogens is 360 g/mol. The number of rotatable bonds is 3. The lowest BCUT2D eigenvalue weighted by molar-refractivity contribution is 0.0618. The lowest BCUT2D eigenvalue weighted by Crippen LogP contribution is -2.57. The molecule has 2 N–H and O–H groups in total. The Morgan fingerprint density at radius 3 is 2.87 bits per heavy atom. The molecule has 3 saturated heterocycles. The first-order chi connectivity index (χ1) is 11.2. The Balaban J connectivity index is 1.62. The van der Waals surface area contributed by atoms with Crippen LogP contribution in [0.5, 0.6) is 5.75 Å². The van der Waals surface area contributed by atoms with E-state index >= 15 is 0 Å². The first-order valence-electron chi connectivity index (χ1n) is 7.91. The maximum Gasteiger partial charge on any atom is 0.272 e. The predicted molar refractivity (Wildman–Crippen MR) is 90.8 cm³/mol. The zero-order valence-corrected chi connectivity index (χ0v) is 14.5. The minimum Gasteiger partial charge on any atom is -0.496 e. The summed E-state index contributed by atoms with van der Waals surface area (Å²) in [7, 11) is 1.61. The molecule has 6 nitrogen and oxygen atoms in total. The molecule has 0 aliphatic carbocycles. The van der Waals surface area contributed by atoms with Crippen molar-refractivity contribution in [2.75, 3.05) is 26.7 Å². The van der Waals surface area contributed by atoms with Crippen molar-refractivity contribution < 1.29 is 9.53 Å². The molecule has 1 amide bonds. The molecule has 2 aromatic rings. The smallest absolute Gasteiger partial charge is 0.272 e. The molecule has 5 rings (SSSR count). The van der Waals surface area contributed by atoms with Crippen LogP contribution < -0.4 is 10.1 Å². The van der Waals surface area contributed by atoms with E-state index in [2.05, 4.69) is 36.3 Å². The van der Waals surface area contributed by atoms with Gasteiger partial charge < -0.3 is 15.0 Å². The van der Waals surface area contributed by atoms with Crippen molar-refractivity contribution in [3.63, 3.8) is 0 Å². The van der Waals surface area contributed by atoms with E-state index in [0.717, 1.165) is 35.0 Å². The number of H-pyrrole nitrogens is 1. The van der Waals surface area contributed by atoms with Crippen LogP contribution in [0.4, 0.5) is 0 Å². The Bertz CT molecular complexity index is 752. The molecule has 3 aliphatic heterocycles. The molecule has 1 aromatic carbocycles. The second-order valence-electron chi connectivity index (χ2n) is 6.29. The summed E-state index contributed by atoms with van der Waals surface area (Å²) in [6.45, 7) is 3.26. The van der Waals surface area contributed by atoms with Gasteiger partial charge in [-0.25, -0.2) is 0 Å². The molecule has 3 fully saturated rings. The third-order valence-corrected chi connectivity index (χ3v) is 5.83. The number of nitrogens with zero attached hydrogens (tertiary/aromatic N) is 2. The maximum atomic E-state index is 12.7. The van der Waals surface area contributed by atoms with Crippen LogP contribution in [0, 0.1) is 5.92 Å². The fraction of sp³-hybridized carbons (Fsp3) is 0.500. The van der Waals surface area contributed by atoms with Crippen LogP contribution in [0.1, 0.15) is 23.3 Å². The van der Waals surface area contributed by atoms with Crippen LogP contribution in [0.3, 0.4) is 0 Å². The summed E-state index contributed by atoms with van der Waals surface area (Å²) >= 11 is 3.52. The van der Waals surface area contributed by atoms with Gasteiger partial charge in [-0.15, -0.1) is 0 Å². The van der Waals surface area contributed by atoms with Gasteiger partial charge in [0.2, 0.25) is 0 Å². The van der Waals surface area contributed by atoms with Gasteiger partial charge in [0, 0.05) is 12.6 Å². The van der Waals surface area contributed by atoms with Gasteiger partial charge in [-0.2, -0.15) is 5.10 Å². The standard InChI is InChI=1S/C16H19BrN4O2/c1-23-12-3-2-10-13(14(12)17)15(20-19-10)16(22)18-11-8-21-6-4-9(11)5-7-21/h2-3,9,11H,4-8H2,1H3,(H,18,22)(H,19,20)/t11-/m1/s1. The lowest BCUT2D eigenvalue weighted by Gasteiger charge is -2.44. The normalized spacial score (nSPS) is 26.4. The summed E-state index contributed by atoms with van der Waals surface area (Å²) in [4.78, 5) is 15.2. The number of carbonyl (C=O) groups excluding carboxylic acids is 1. The molecule has 23 heavy (non-hydrogen) atoms. The Kier molecular flexibility index (Phi) is 3.77. The average Bonchev–Trinajstić information content (AvgIpc) is 3.01. The third-order valence-electron chi connectivity index (χ3n) is 5.04. The molecule has 7 heteroatoms. The zero-order chi connectivity index (χ0) is 16.0. The number of hydrogen-bond donors (Lipinski definition) is 2. The number of hydrogen-bond acceptors (Lipinski definition) is 4. The number of carbonyl (C=O) groups is 1. The Morgan fingerprint density at radius 1 is 1.43 bits per heavy atom. The molecule has 2 bridgehead atoms. The fourth-order valence-electron chi connectivity index (χ4n) is 3.74. The number of nitrogens with one attached hydrogen (secondary N) is 2. The van der Waals surface area contributed by atoms with Gasteiger partial charge in [0.25, 0.3) is 5.91 Å². The van der Waals surface area contributed by atoms with Crippen LogP contribution in [0.2, 0.25) is 0 Å². The number of benzene rings is 1. The van der Waals surface area contributed by atoms with E-state index in [-0.39, 0.29) is 11.9 Å². The number of aromatic nitrogens is 2. The van der Waals surface area contributed by atoms with Gasteiger partial charge in [0.05, 0.1) is 22.5 Å². The van der Waals surface area contributed by atoms with Crippen molar-refractivity contribution >= 4 is 32.7 Å². The van der Waals surface area contributed by atoms with Gasteiger partial charge in [-0.3, -0.25) is 9.89 Å². The highest BCUT2D eigenvalue weighted by atomic mass is 79.9. The number of halogens is 1. The summed E-state index contributed by atoms with van der Waals surface area (Å²) in [5.74, 6) is 1.16. The molecule has 0 saturated carbocycles. The zero-order valence-electron chi connectivity index (χ0n) is 12.9. The van der Waals surface area contributed by atoms with Crippen molar-refractivity contribution in [2.24, 2.45) is 5.92 Å². The highest BCUT2D eigenvalue weighted by molar-refractivity contribution is 9.10. The van der Waals surface area contributed by atoms with E-state index in [1.807, 2.05) is 12.1 Å². The Labute approximate surface area is 142 Å². The quantitative estimate of drug-likeness (QED) is 0.858. The highest BCUT2D eigenvalue weighted by Gasteiger charge is 2.35. The van der Waals surface area contributed by atoms with Crippen molar-refractivity contribution in [2.45, 2.75) is 18.9 Å². The van der Waals surface area contributed by atoms with Gasteiger partial charge in [-0.05, 0) is 59.9 Å². The van der Waals surface area contributed by atoms with E-state index in [1.54, 1.807) is 7.11 Å². The minimum atomic E-state index is -0.121. The molecule has 0 unspecified atom stereocenters. The first kappa shape index (κ1) is 15.0. The van der Waals surface area contributed by atoms with Crippen LogP contribution in [0.15, 0.2) is 16.6 Å². The molecule has 1 atom stereocenters. The van der Waals surface area contributed by atoms with Crippen molar-refractivity contribution in [3.8, 4) is 5.75 Å². The summed E-state index contributed by atoms with van der Waals surface area (Å²) < 4.78 is 6.08. The van der Waals surface area contributed by atoms with Crippen molar-refractivity contribution in [1.82, 2.24) is 20.4 Å². The SMILES string of the molecule is COc1ccc2[nH]nc(C(=O)N[C@@H]3CN4CCC3CC4)c2c1Br. The molecule has 122 valence electrons. The van der Waals surface area contributed by atoms with Gasteiger partial charge in [0.15, 0.2) is 5.69 Å². The van der Waals surface area contributed by atoms with E-state index in [9.17, 15) is 4.79 Å². The average molecular weight is 379 g/mol. The number of fused-ring (bicyclic) bond motifs is 4. The summed E-state index contributed by atoms with van der Waals surface area (Å²) in [6, 6.07) is 3.94. The van der Waals surface area contributed by atoms with Crippen LogP contribution >= 0.6 is 15.9 Å². The number of methoxy groups -OCH3 is 1. The maximum absolute atomic E-state index is 12.7. The van der Waals surface area contributed by atoms with Gasteiger partial charge in [-0.1, -0.05) is 0 Å². The second kappa shape index (κ2) is 5.79. The lowest BCUT2D eigenvalue weighted by atomic mass is 9.84. The topological polar surface area (TPSA) is 70.2 Å². The fourth-order valence-corrected chi connectivity index (χ4v) is 4.44. The number of amides is 1. The van der Waals surface area contributed by atoms with Crippen LogP contribution in [-0.2, 0) is 0 Å². The molecule has 1 aromatic heterocycles. The number of ether oxygens (including phenoxy) is 1. The largest absolute Gasteiger partial charge is 0.496 e. The first-order valence-corrected chi connectivity index (χ1v) is 8.70. The molecule has 0 radical (unpaired) electrons. The Morgan fingerprint density at radius 2 is 2.22 bits per heavy atom. The van der Waals surface area contributed by atoms with E-state index in [0.29, 0.717) is 17.4 Å². The van der Waals surface area contributed by atoms with Gasteiger partial charge >= 0.3 is 0 Å². The summed E-state index contributed by atoms with van der Waals surface area (Å²) in [5, 5.41) is 11.1. The minimum absolute atomic E-state index is 0.121. The summed E-state index contributed by atoms with van der Waals surface area (Å²) in [6.07, 6.45) is 2.34. The van der Waals surface area contributed by atoms with Crippen molar-refractivity contribution in [1.29, 1.82) is 0 Å². The van der Waals surface area contributed by atoms with Crippen molar-refractivity contribution in [3.05, 3.63) is 22.3 Å². The summed E-state index contributed by atoms with van der Waals surface area (Å²) in [5.41, 5.74) is 1.24. The van der Waals surface area contributed by atoms with Crippen LogP contribution in [-0.4, -0.2) is 53.8 Å². The molecule has 3 aliphatic rings. The predicted octanol–water partition coefficient (Wildman–Crippen LogP) is 2.16. The number of piperidine rings is 3. The van der Waals surface area contributed by atoms with E-state index in [1.165, 1.54) is 12.8 Å². The molecular formula is C16H19BrN4O2. The molecule has 4 heterocycles. The Hall–Kier alpha value is -1.60. The second-order valence-corrected chi connectivity index (χ2v) is 7.09. The number of aromatic amines is 1. The monoisotopic (exact) mass is 378 g/mol. The molecule has 0 spiro atoms. The highest BCUT2D eigenvalue weighted by Crippen LogP contribution is 2.34. The third kappa shape index (κ3) is 2.52. The van der Waals surface area contributed by atoms with Gasteiger partial charge in [0.1, 0.15) is 5.75 Å².